The minimum atomic E-state index is 0.728. The Morgan fingerprint density at radius 3 is 2.56 bits per heavy atom. The molecule has 1 atom stereocenters. The number of hydrogen-bond donors (Lipinski definition) is 0. The average molecular weight is 234 g/mol. The summed E-state index contributed by atoms with van der Waals surface area (Å²) in [5.74, 6) is 0. The van der Waals surface area contributed by atoms with E-state index in [9.17, 15) is 0 Å². The van der Waals surface area contributed by atoms with Gasteiger partial charge in [-0.3, -0.25) is 0 Å². The summed E-state index contributed by atoms with van der Waals surface area (Å²) in [6.07, 6.45) is 5.85. The van der Waals surface area contributed by atoms with Gasteiger partial charge in [-0.2, -0.15) is 0 Å². The van der Waals surface area contributed by atoms with Crippen LogP contribution in [0.4, 0.5) is 0 Å². The summed E-state index contributed by atoms with van der Waals surface area (Å²) in [4.78, 5) is 0. The summed E-state index contributed by atoms with van der Waals surface area (Å²) < 4.78 is 0.728. The highest BCUT2D eigenvalue weighted by atomic mass is 127. The molecule has 1 unspecified atom stereocenters. The van der Waals surface area contributed by atoms with Gasteiger partial charge in [0.25, 0.3) is 0 Å². The summed E-state index contributed by atoms with van der Waals surface area (Å²) in [6.45, 7) is 4.35. The lowest BCUT2D eigenvalue weighted by molar-refractivity contribution is 1.04. The van der Waals surface area contributed by atoms with E-state index < -0.39 is 0 Å². The molecule has 0 nitrogen and oxygen atoms in total. The summed E-state index contributed by atoms with van der Waals surface area (Å²) >= 11 is 2.46. The lowest BCUT2D eigenvalue weighted by atomic mass is 10.0. The van der Waals surface area contributed by atoms with Gasteiger partial charge in [0.05, 0.1) is 0 Å². The summed E-state index contributed by atoms with van der Waals surface area (Å²) in [5.41, 5.74) is 2.89. The molecule has 0 amide bonds. The molecule has 0 bridgehead atoms. The van der Waals surface area contributed by atoms with Crippen LogP contribution in [0, 0.1) is 0 Å². The molecule has 1 heteroatoms. The van der Waals surface area contributed by atoms with Gasteiger partial charge in [-0.15, -0.1) is 0 Å². The fraction of sp³-hybridized carbons (Fsp3) is 0.500. The van der Waals surface area contributed by atoms with E-state index >= 15 is 0 Å². The number of halogens is 1. The molecular weight excluding hydrogens is 223 g/mol. The zero-order valence-corrected chi connectivity index (χ0v) is 7.97. The van der Waals surface area contributed by atoms with Crippen LogP contribution in [0.5, 0.6) is 0 Å². The van der Waals surface area contributed by atoms with Crippen molar-refractivity contribution in [2.24, 2.45) is 0 Å². The largest absolute Gasteiger partial charge is 0.0800 e. The molecule has 1 aliphatic carbocycles. The fourth-order valence-corrected chi connectivity index (χ4v) is 1.71. The maximum atomic E-state index is 2.46. The Hall–Kier alpha value is 0.210. The van der Waals surface area contributed by atoms with Crippen LogP contribution in [0.2, 0.25) is 0 Å². The zero-order valence-electron chi connectivity index (χ0n) is 5.82. The van der Waals surface area contributed by atoms with Crippen LogP contribution in [0.1, 0.15) is 20.3 Å². The van der Waals surface area contributed by atoms with Crippen molar-refractivity contribution in [3.63, 3.8) is 0 Å². The van der Waals surface area contributed by atoms with E-state index in [4.69, 9.17) is 0 Å². The molecule has 0 fully saturated rings. The second-order valence-electron chi connectivity index (χ2n) is 2.49. The van der Waals surface area contributed by atoms with E-state index in [0.29, 0.717) is 0 Å². The maximum Gasteiger partial charge on any atom is 0.0329 e. The van der Waals surface area contributed by atoms with Crippen LogP contribution in [-0.2, 0) is 0 Å². The normalized spacial score (nSPS) is 27.2. The first-order valence-corrected chi connectivity index (χ1v) is 4.44. The number of hydrogen-bond acceptors (Lipinski definition) is 0. The molecule has 9 heavy (non-hydrogen) atoms. The number of allylic oxidation sites excluding steroid dienone is 4. The third kappa shape index (κ3) is 1.81. The molecule has 0 heterocycles. The lowest BCUT2D eigenvalue weighted by Gasteiger charge is -2.11. The van der Waals surface area contributed by atoms with Crippen LogP contribution in [0.3, 0.4) is 0 Å². The Balaban J connectivity index is 2.75. The van der Waals surface area contributed by atoms with Crippen molar-refractivity contribution in [3.8, 4) is 0 Å². The topological polar surface area (TPSA) is 0 Å². The predicted molar refractivity (Wildman–Crippen MR) is 49.9 cm³/mol. The minimum Gasteiger partial charge on any atom is -0.0800 e. The highest BCUT2D eigenvalue weighted by molar-refractivity contribution is 14.1. The summed E-state index contributed by atoms with van der Waals surface area (Å²) in [6, 6.07) is 0. The highest BCUT2D eigenvalue weighted by Gasteiger charge is 2.05. The number of rotatable bonds is 0. The Morgan fingerprint density at radius 1 is 1.44 bits per heavy atom. The maximum absolute atomic E-state index is 2.46. The second kappa shape index (κ2) is 2.86. The molecule has 0 aromatic rings. The second-order valence-corrected chi connectivity index (χ2v) is 4.09. The van der Waals surface area contributed by atoms with E-state index in [1.54, 1.807) is 0 Å². The van der Waals surface area contributed by atoms with Crippen LogP contribution in [-0.4, -0.2) is 3.92 Å². The molecule has 0 N–H and O–H groups in total. The van der Waals surface area contributed by atoms with Gasteiger partial charge in [-0.05, 0) is 20.3 Å². The van der Waals surface area contributed by atoms with E-state index in [2.05, 4.69) is 48.6 Å². The van der Waals surface area contributed by atoms with Crippen LogP contribution < -0.4 is 0 Å². The first-order chi connectivity index (χ1) is 4.20. The predicted octanol–water partition coefficient (Wildman–Crippen LogP) is 3.09. The van der Waals surface area contributed by atoms with E-state index in [1.165, 1.54) is 17.6 Å². The SMILES string of the molecule is CC1=CCC(I)C=C1C. The van der Waals surface area contributed by atoms with Crippen molar-refractivity contribution in [2.45, 2.75) is 24.2 Å². The molecule has 1 aliphatic rings. The molecule has 0 radical (unpaired) electrons. The third-order valence-corrected chi connectivity index (χ3v) is 2.57. The van der Waals surface area contributed by atoms with Gasteiger partial charge in [0.2, 0.25) is 0 Å². The molecule has 0 spiro atoms. The number of alkyl halides is 1. The molecule has 0 aromatic carbocycles. The van der Waals surface area contributed by atoms with Crippen LogP contribution in [0.15, 0.2) is 23.3 Å². The van der Waals surface area contributed by atoms with Gasteiger partial charge in [0, 0.05) is 3.92 Å². The summed E-state index contributed by atoms with van der Waals surface area (Å²) in [7, 11) is 0. The van der Waals surface area contributed by atoms with Crippen molar-refractivity contribution < 1.29 is 0 Å². The molecule has 0 aromatic heterocycles. The molecule has 50 valence electrons. The first-order valence-electron chi connectivity index (χ1n) is 3.20. The monoisotopic (exact) mass is 234 g/mol. The van der Waals surface area contributed by atoms with Gasteiger partial charge in [0.15, 0.2) is 0 Å². The van der Waals surface area contributed by atoms with E-state index in [0.717, 1.165) is 3.92 Å². The smallest absolute Gasteiger partial charge is 0.0329 e. The van der Waals surface area contributed by atoms with Gasteiger partial charge in [-0.25, -0.2) is 0 Å². The Bertz CT molecular complexity index is 165. The highest BCUT2D eigenvalue weighted by Crippen LogP contribution is 2.22. The average Bonchev–Trinajstić information content (AvgIpc) is 1.80. The van der Waals surface area contributed by atoms with Gasteiger partial charge < -0.3 is 0 Å². The minimum absolute atomic E-state index is 0.728. The molecular formula is C8H11I. The van der Waals surface area contributed by atoms with Crippen molar-refractivity contribution in [1.29, 1.82) is 0 Å². The molecule has 1 rings (SSSR count). The Labute approximate surface area is 70.2 Å². The van der Waals surface area contributed by atoms with Crippen LogP contribution in [0.25, 0.3) is 0 Å². The van der Waals surface area contributed by atoms with E-state index in [1.807, 2.05) is 0 Å². The van der Waals surface area contributed by atoms with Crippen molar-refractivity contribution in [2.75, 3.05) is 0 Å². The molecule has 0 saturated carbocycles. The zero-order chi connectivity index (χ0) is 6.85. The quantitative estimate of drug-likeness (QED) is 0.446. The van der Waals surface area contributed by atoms with E-state index in [-0.39, 0.29) is 0 Å². The molecule has 0 saturated heterocycles. The first kappa shape index (κ1) is 7.32. The van der Waals surface area contributed by atoms with Gasteiger partial charge >= 0.3 is 0 Å². The van der Waals surface area contributed by atoms with Gasteiger partial charge in [-0.1, -0.05) is 45.9 Å². The Morgan fingerprint density at radius 2 is 2.11 bits per heavy atom. The fourth-order valence-electron chi connectivity index (χ4n) is 0.921. The van der Waals surface area contributed by atoms with Crippen molar-refractivity contribution in [3.05, 3.63) is 23.3 Å². The summed E-state index contributed by atoms with van der Waals surface area (Å²) in [5, 5.41) is 0. The standard InChI is InChI=1S/C8H11I/c1-6-3-4-8(9)5-7(6)2/h3,5,8H,4H2,1-2H3. The Kier molecular flexibility index (Phi) is 2.33. The van der Waals surface area contributed by atoms with Crippen LogP contribution >= 0.6 is 22.6 Å². The third-order valence-electron chi connectivity index (χ3n) is 1.70. The van der Waals surface area contributed by atoms with Crippen molar-refractivity contribution >= 4 is 22.6 Å². The lowest BCUT2D eigenvalue weighted by Crippen LogP contribution is -1.98. The van der Waals surface area contributed by atoms with Gasteiger partial charge in [0.1, 0.15) is 0 Å². The molecule has 0 aliphatic heterocycles. The van der Waals surface area contributed by atoms with Crippen molar-refractivity contribution in [1.82, 2.24) is 0 Å².